The molecular weight excluding hydrogens is 200 g/mol. The molecular formula is C7H11ClO3S. The standard InChI is InChI=1S/C7H11ClO3S/c1-2-12(10,11)7(8)6(9)5-3-4-5/h5,7H,2-4H2,1H3. The van der Waals surface area contributed by atoms with Gasteiger partial charge in [0.1, 0.15) is 0 Å². The number of carbonyl (C=O) groups is 1. The van der Waals surface area contributed by atoms with Crippen LogP contribution in [-0.4, -0.2) is 24.7 Å². The Balaban J connectivity index is 2.69. The van der Waals surface area contributed by atoms with Gasteiger partial charge in [0.05, 0.1) is 0 Å². The lowest BCUT2D eigenvalue weighted by molar-refractivity contribution is -0.118. The third-order valence-electron chi connectivity index (χ3n) is 1.92. The Hall–Kier alpha value is -0.0900. The summed E-state index contributed by atoms with van der Waals surface area (Å²) in [4.78, 5) is 11.2. The van der Waals surface area contributed by atoms with Crippen LogP contribution >= 0.6 is 11.6 Å². The average Bonchev–Trinajstić information content (AvgIpc) is 2.84. The molecule has 1 fully saturated rings. The van der Waals surface area contributed by atoms with E-state index >= 15 is 0 Å². The Morgan fingerprint density at radius 3 is 2.42 bits per heavy atom. The molecule has 70 valence electrons. The number of hydrogen-bond acceptors (Lipinski definition) is 3. The van der Waals surface area contributed by atoms with Gasteiger partial charge in [0, 0.05) is 11.7 Å². The van der Waals surface area contributed by atoms with Gasteiger partial charge in [-0.2, -0.15) is 0 Å². The van der Waals surface area contributed by atoms with Gasteiger partial charge in [0.15, 0.2) is 20.3 Å². The quantitative estimate of drug-likeness (QED) is 0.650. The molecule has 0 aliphatic heterocycles. The second-order valence-electron chi connectivity index (χ2n) is 2.94. The van der Waals surface area contributed by atoms with E-state index in [1.54, 1.807) is 0 Å². The zero-order chi connectivity index (χ0) is 9.35. The smallest absolute Gasteiger partial charge is 0.193 e. The van der Waals surface area contributed by atoms with Gasteiger partial charge in [-0.25, -0.2) is 8.42 Å². The second-order valence-corrected chi connectivity index (χ2v) is 6.01. The summed E-state index contributed by atoms with van der Waals surface area (Å²) in [6.45, 7) is 1.49. The first-order valence-corrected chi connectivity index (χ1v) is 6.03. The van der Waals surface area contributed by atoms with Crippen molar-refractivity contribution < 1.29 is 13.2 Å². The minimum atomic E-state index is -3.39. The number of carbonyl (C=O) groups excluding carboxylic acids is 1. The molecule has 0 radical (unpaired) electrons. The minimum absolute atomic E-state index is 0.0698. The van der Waals surface area contributed by atoms with Crippen LogP contribution in [-0.2, 0) is 14.6 Å². The van der Waals surface area contributed by atoms with Crippen LogP contribution in [0.4, 0.5) is 0 Å². The maximum absolute atomic E-state index is 11.2. The molecule has 1 aliphatic rings. The molecule has 12 heavy (non-hydrogen) atoms. The highest BCUT2D eigenvalue weighted by Crippen LogP contribution is 2.33. The Bertz CT molecular complexity index is 279. The number of alkyl halides is 1. The highest BCUT2D eigenvalue weighted by molar-refractivity contribution is 7.94. The van der Waals surface area contributed by atoms with E-state index in [0.29, 0.717) is 0 Å². The lowest BCUT2D eigenvalue weighted by atomic mass is 10.3. The summed E-state index contributed by atoms with van der Waals surface area (Å²) in [5.41, 5.74) is 0. The van der Waals surface area contributed by atoms with Crippen molar-refractivity contribution in [1.82, 2.24) is 0 Å². The number of Topliss-reactive ketones (excluding diaryl/α,β-unsaturated/α-hetero) is 1. The predicted octanol–water partition coefficient (Wildman–Crippen LogP) is 0.965. The van der Waals surface area contributed by atoms with Crippen LogP contribution in [0.5, 0.6) is 0 Å². The fourth-order valence-electron chi connectivity index (χ4n) is 0.876. The van der Waals surface area contributed by atoms with Gasteiger partial charge in [-0.3, -0.25) is 4.79 Å². The molecule has 0 spiro atoms. The summed E-state index contributed by atoms with van der Waals surface area (Å²) in [7, 11) is -3.39. The summed E-state index contributed by atoms with van der Waals surface area (Å²) in [6, 6.07) is 0. The zero-order valence-electron chi connectivity index (χ0n) is 6.79. The van der Waals surface area contributed by atoms with Crippen LogP contribution in [0.15, 0.2) is 0 Å². The predicted molar refractivity (Wildman–Crippen MR) is 46.8 cm³/mol. The molecule has 1 saturated carbocycles. The van der Waals surface area contributed by atoms with E-state index in [-0.39, 0.29) is 17.5 Å². The molecule has 1 atom stereocenters. The number of halogens is 1. The molecule has 3 nitrogen and oxygen atoms in total. The van der Waals surface area contributed by atoms with Gasteiger partial charge in [0.25, 0.3) is 0 Å². The molecule has 0 aromatic carbocycles. The number of sulfone groups is 1. The van der Waals surface area contributed by atoms with Gasteiger partial charge in [-0.05, 0) is 12.8 Å². The minimum Gasteiger partial charge on any atom is -0.297 e. The monoisotopic (exact) mass is 210 g/mol. The Morgan fingerprint density at radius 2 is 2.08 bits per heavy atom. The van der Waals surface area contributed by atoms with Crippen LogP contribution in [0.1, 0.15) is 19.8 Å². The topological polar surface area (TPSA) is 51.2 Å². The lowest BCUT2D eigenvalue weighted by Crippen LogP contribution is -2.27. The van der Waals surface area contributed by atoms with Crippen molar-refractivity contribution >= 4 is 27.2 Å². The summed E-state index contributed by atoms with van der Waals surface area (Å²) < 4.78 is 20.9. The van der Waals surface area contributed by atoms with E-state index in [0.717, 1.165) is 12.8 Å². The molecule has 0 heterocycles. The molecule has 0 bridgehead atoms. The third-order valence-corrected chi connectivity index (χ3v) is 4.62. The van der Waals surface area contributed by atoms with Crippen molar-refractivity contribution in [3.8, 4) is 0 Å². The molecule has 1 aliphatic carbocycles. The lowest BCUT2D eigenvalue weighted by Gasteiger charge is -2.06. The summed E-state index contributed by atoms with van der Waals surface area (Å²) >= 11 is 5.52. The van der Waals surface area contributed by atoms with Crippen molar-refractivity contribution in [2.24, 2.45) is 5.92 Å². The van der Waals surface area contributed by atoms with Crippen LogP contribution < -0.4 is 0 Å². The summed E-state index contributed by atoms with van der Waals surface area (Å²) in [5.74, 6) is -0.480. The van der Waals surface area contributed by atoms with Crippen LogP contribution in [0, 0.1) is 5.92 Å². The first-order valence-electron chi connectivity index (χ1n) is 3.88. The molecule has 0 saturated heterocycles. The zero-order valence-corrected chi connectivity index (χ0v) is 8.36. The molecule has 0 amide bonds. The van der Waals surface area contributed by atoms with Crippen molar-refractivity contribution in [3.05, 3.63) is 0 Å². The SMILES string of the molecule is CCS(=O)(=O)C(Cl)C(=O)C1CC1. The Kier molecular flexibility index (Phi) is 2.78. The number of hydrogen-bond donors (Lipinski definition) is 0. The van der Waals surface area contributed by atoms with Crippen molar-refractivity contribution in [2.45, 2.75) is 24.5 Å². The van der Waals surface area contributed by atoms with Crippen molar-refractivity contribution in [1.29, 1.82) is 0 Å². The number of ketones is 1. The fourth-order valence-corrected chi connectivity index (χ4v) is 2.27. The second kappa shape index (κ2) is 3.34. The molecule has 0 aromatic rings. The van der Waals surface area contributed by atoms with E-state index in [4.69, 9.17) is 11.6 Å². The van der Waals surface area contributed by atoms with Crippen molar-refractivity contribution in [2.75, 3.05) is 5.75 Å². The third kappa shape index (κ3) is 1.98. The van der Waals surface area contributed by atoms with Gasteiger partial charge < -0.3 is 0 Å². The average molecular weight is 211 g/mol. The van der Waals surface area contributed by atoms with E-state index in [2.05, 4.69) is 0 Å². The molecule has 5 heteroatoms. The van der Waals surface area contributed by atoms with Gasteiger partial charge in [0.2, 0.25) is 0 Å². The van der Waals surface area contributed by atoms with E-state index in [1.807, 2.05) is 0 Å². The van der Waals surface area contributed by atoms with E-state index in [9.17, 15) is 13.2 Å². The summed E-state index contributed by atoms with van der Waals surface area (Å²) in [5, 5.41) is 0. The molecule has 0 aromatic heterocycles. The van der Waals surface area contributed by atoms with Crippen LogP contribution in [0.3, 0.4) is 0 Å². The summed E-state index contributed by atoms with van der Waals surface area (Å²) in [6.07, 6.45) is 1.59. The molecule has 1 rings (SSSR count). The maximum atomic E-state index is 11.2. The van der Waals surface area contributed by atoms with E-state index < -0.39 is 14.5 Å². The number of rotatable bonds is 4. The van der Waals surface area contributed by atoms with Gasteiger partial charge >= 0.3 is 0 Å². The van der Waals surface area contributed by atoms with Crippen molar-refractivity contribution in [3.63, 3.8) is 0 Å². The Labute approximate surface area is 77.0 Å². The normalized spacial score (nSPS) is 20.5. The van der Waals surface area contributed by atoms with Gasteiger partial charge in [-0.15, -0.1) is 0 Å². The first kappa shape index (κ1) is 9.99. The highest BCUT2D eigenvalue weighted by atomic mass is 35.5. The highest BCUT2D eigenvalue weighted by Gasteiger charge is 2.39. The van der Waals surface area contributed by atoms with E-state index in [1.165, 1.54) is 6.92 Å². The van der Waals surface area contributed by atoms with Crippen LogP contribution in [0.25, 0.3) is 0 Å². The largest absolute Gasteiger partial charge is 0.297 e. The maximum Gasteiger partial charge on any atom is 0.193 e. The van der Waals surface area contributed by atoms with Gasteiger partial charge in [-0.1, -0.05) is 18.5 Å². The Morgan fingerprint density at radius 1 is 1.58 bits per heavy atom. The first-order chi connectivity index (χ1) is 5.49. The fraction of sp³-hybridized carbons (Fsp3) is 0.857. The molecule has 1 unspecified atom stereocenters. The van der Waals surface area contributed by atoms with Crippen LogP contribution in [0.2, 0.25) is 0 Å². The molecule has 0 N–H and O–H groups in total.